The summed E-state index contributed by atoms with van der Waals surface area (Å²) < 4.78 is 1.89. The van der Waals surface area contributed by atoms with Gasteiger partial charge in [0.15, 0.2) is 5.65 Å². The molecule has 0 aliphatic carbocycles. The SMILES string of the molecule is CCCc1cc(NCc2cccnc2)n2ncc(-c3ccccc3)c2n1. The van der Waals surface area contributed by atoms with Gasteiger partial charge in [-0.3, -0.25) is 4.98 Å². The second-order valence-electron chi connectivity index (χ2n) is 6.26. The molecule has 0 unspecified atom stereocenters. The third-order valence-corrected chi connectivity index (χ3v) is 4.31. The van der Waals surface area contributed by atoms with Gasteiger partial charge in [-0.25, -0.2) is 4.98 Å². The lowest BCUT2D eigenvalue weighted by molar-refractivity contribution is 0.855. The van der Waals surface area contributed by atoms with E-state index in [1.165, 1.54) is 0 Å². The molecule has 0 amide bonds. The zero-order valence-electron chi connectivity index (χ0n) is 14.8. The molecule has 4 aromatic rings. The highest BCUT2D eigenvalue weighted by molar-refractivity contribution is 5.78. The van der Waals surface area contributed by atoms with Crippen molar-refractivity contribution >= 4 is 11.5 Å². The molecule has 3 heterocycles. The van der Waals surface area contributed by atoms with Crippen LogP contribution < -0.4 is 5.32 Å². The zero-order chi connectivity index (χ0) is 17.8. The molecular weight excluding hydrogens is 322 g/mol. The number of hydrogen-bond donors (Lipinski definition) is 1. The first kappa shape index (κ1) is 16.3. The van der Waals surface area contributed by atoms with Crippen molar-refractivity contribution in [2.24, 2.45) is 0 Å². The van der Waals surface area contributed by atoms with Crippen molar-refractivity contribution in [3.05, 3.63) is 78.4 Å². The monoisotopic (exact) mass is 343 g/mol. The molecule has 0 bridgehead atoms. The number of nitrogens with one attached hydrogen (secondary N) is 1. The quantitative estimate of drug-likeness (QED) is 0.565. The van der Waals surface area contributed by atoms with Gasteiger partial charge in [-0.2, -0.15) is 9.61 Å². The number of nitrogens with zero attached hydrogens (tertiary/aromatic N) is 4. The minimum Gasteiger partial charge on any atom is -0.366 e. The number of pyridine rings is 1. The van der Waals surface area contributed by atoms with Gasteiger partial charge >= 0.3 is 0 Å². The van der Waals surface area contributed by atoms with Crippen molar-refractivity contribution < 1.29 is 0 Å². The van der Waals surface area contributed by atoms with Gasteiger partial charge in [0.2, 0.25) is 0 Å². The predicted molar refractivity (Wildman–Crippen MR) is 104 cm³/mol. The minimum atomic E-state index is 0.694. The Morgan fingerprint density at radius 2 is 1.92 bits per heavy atom. The van der Waals surface area contributed by atoms with Crippen LogP contribution in [0, 0.1) is 0 Å². The Bertz CT molecular complexity index is 993. The molecule has 5 nitrogen and oxygen atoms in total. The molecule has 0 spiro atoms. The molecule has 0 saturated heterocycles. The molecule has 0 aliphatic heterocycles. The van der Waals surface area contributed by atoms with E-state index in [0.29, 0.717) is 6.54 Å². The summed E-state index contributed by atoms with van der Waals surface area (Å²) in [6, 6.07) is 16.4. The first-order valence-electron chi connectivity index (χ1n) is 8.91. The molecule has 0 atom stereocenters. The second-order valence-corrected chi connectivity index (χ2v) is 6.26. The third-order valence-electron chi connectivity index (χ3n) is 4.31. The van der Waals surface area contributed by atoms with Crippen molar-refractivity contribution in [1.82, 2.24) is 19.6 Å². The van der Waals surface area contributed by atoms with Gasteiger partial charge < -0.3 is 5.32 Å². The van der Waals surface area contributed by atoms with Gasteiger partial charge in [-0.05, 0) is 23.6 Å². The number of anilines is 1. The highest BCUT2D eigenvalue weighted by atomic mass is 15.3. The fourth-order valence-corrected chi connectivity index (χ4v) is 3.04. The largest absolute Gasteiger partial charge is 0.366 e. The summed E-state index contributed by atoms with van der Waals surface area (Å²) in [6.45, 7) is 2.86. The molecule has 1 aromatic carbocycles. The number of rotatable bonds is 6. The topological polar surface area (TPSA) is 55.1 Å². The molecule has 0 aliphatic rings. The van der Waals surface area contributed by atoms with Gasteiger partial charge in [0.1, 0.15) is 5.82 Å². The van der Waals surface area contributed by atoms with Crippen LogP contribution in [0.25, 0.3) is 16.8 Å². The van der Waals surface area contributed by atoms with E-state index in [1.54, 1.807) is 6.20 Å². The minimum absolute atomic E-state index is 0.694. The van der Waals surface area contributed by atoms with Crippen LogP contribution in [0.2, 0.25) is 0 Å². The smallest absolute Gasteiger partial charge is 0.165 e. The van der Waals surface area contributed by atoms with Crippen LogP contribution in [-0.4, -0.2) is 19.6 Å². The maximum atomic E-state index is 4.87. The third kappa shape index (κ3) is 3.28. The molecule has 130 valence electrons. The van der Waals surface area contributed by atoms with E-state index >= 15 is 0 Å². The summed E-state index contributed by atoms with van der Waals surface area (Å²) in [5, 5.41) is 8.07. The van der Waals surface area contributed by atoms with Crippen molar-refractivity contribution in [1.29, 1.82) is 0 Å². The molecule has 0 fully saturated rings. The molecule has 3 aromatic heterocycles. The number of hydrogen-bond acceptors (Lipinski definition) is 4. The van der Waals surface area contributed by atoms with E-state index in [0.717, 1.165) is 46.7 Å². The Hall–Kier alpha value is -3.21. The molecule has 0 saturated carbocycles. The molecule has 26 heavy (non-hydrogen) atoms. The fourth-order valence-electron chi connectivity index (χ4n) is 3.04. The maximum Gasteiger partial charge on any atom is 0.165 e. The molecule has 4 rings (SSSR count). The maximum absolute atomic E-state index is 4.87. The Labute approximate surface area is 152 Å². The van der Waals surface area contributed by atoms with Gasteiger partial charge in [0.05, 0.1) is 6.20 Å². The predicted octanol–water partition coefficient (Wildman–Crippen LogP) is 4.36. The van der Waals surface area contributed by atoms with Crippen molar-refractivity contribution in [2.75, 3.05) is 5.32 Å². The average molecular weight is 343 g/mol. The Kier molecular flexibility index (Phi) is 4.60. The Morgan fingerprint density at radius 1 is 1.04 bits per heavy atom. The Morgan fingerprint density at radius 3 is 2.69 bits per heavy atom. The van der Waals surface area contributed by atoms with E-state index in [9.17, 15) is 0 Å². The van der Waals surface area contributed by atoms with E-state index in [2.05, 4.69) is 46.6 Å². The van der Waals surface area contributed by atoms with Crippen LogP contribution in [0.15, 0.2) is 67.1 Å². The van der Waals surface area contributed by atoms with Crippen LogP contribution in [-0.2, 0) is 13.0 Å². The van der Waals surface area contributed by atoms with Crippen molar-refractivity contribution in [3.63, 3.8) is 0 Å². The zero-order valence-corrected chi connectivity index (χ0v) is 14.8. The van der Waals surface area contributed by atoms with E-state index < -0.39 is 0 Å². The molecule has 5 heteroatoms. The van der Waals surface area contributed by atoms with Crippen molar-refractivity contribution in [3.8, 4) is 11.1 Å². The average Bonchev–Trinajstić information content (AvgIpc) is 3.12. The van der Waals surface area contributed by atoms with Gasteiger partial charge in [-0.1, -0.05) is 49.7 Å². The highest BCUT2D eigenvalue weighted by Crippen LogP contribution is 2.26. The highest BCUT2D eigenvalue weighted by Gasteiger charge is 2.12. The lowest BCUT2D eigenvalue weighted by Crippen LogP contribution is -2.08. The summed E-state index contributed by atoms with van der Waals surface area (Å²) >= 11 is 0. The summed E-state index contributed by atoms with van der Waals surface area (Å²) in [6.07, 6.45) is 7.55. The molecule has 0 radical (unpaired) electrons. The van der Waals surface area contributed by atoms with Crippen LogP contribution in [0.4, 0.5) is 5.82 Å². The van der Waals surface area contributed by atoms with E-state index in [4.69, 9.17) is 4.98 Å². The summed E-state index contributed by atoms with van der Waals surface area (Å²) in [4.78, 5) is 9.04. The summed E-state index contributed by atoms with van der Waals surface area (Å²) in [5.74, 6) is 0.949. The summed E-state index contributed by atoms with van der Waals surface area (Å²) in [7, 11) is 0. The molecular formula is C21H21N5. The van der Waals surface area contributed by atoms with Crippen molar-refractivity contribution in [2.45, 2.75) is 26.3 Å². The standard InChI is InChI=1S/C21H21N5/c1-2-7-18-12-20(23-14-16-8-6-11-22-13-16)26-21(25-18)19(15-24-26)17-9-4-3-5-10-17/h3-6,8-13,15,23H,2,7,14H2,1H3. The molecule has 1 N–H and O–H groups in total. The lowest BCUT2D eigenvalue weighted by atomic mass is 10.1. The van der Waals surface area contributed by atoms with Gasteiger partial charge in [-0.15, -0.1) is 0 Å². The summed E-state index contributed by atoms with van der Waals surface area (Å²) in [5.41, 5.74) is 5.27. The van der Waals surface area contributed by atoms with E-state index in [1.807, 2.05) is 41.2 Å². The van der Waals surface area contributed by atoms with Gasteiger partial charge in [0.25, 0.3) is 0 Å². The first-order chi connectivity index (χ1) is 12.8. The number of aryl methyl sites for hydroxylation is 1. The van der Waals surface area contributed by atoms with Crippen LogP contribution in [0.3, 0.4) is 0 Å². The fraction of sp³-hybridized carbons (Fsp3) is 0.190. The number of fused-ring (bicyclic) bond motifs is 1. The number of benzene rings is 1. The second kappa shape index (κ2) is 7.35. The Balaban J connectivity index is 1.75. The van der Waals surface area contributed by atoms with Crippen LogP contribution in [0.5, 0.6) is 0 Å². The van der Waals surface area contributed by atoms with Gasteiger partial charge in [0, 0.05) is 36.3 Å². The first-order valence-corrected chi connectivity index (χ1v) is 8.91. The van der Waals surface area contributed by atoms with Crippen LogP contribution in [0.1, 0.15) is 24.6 Å². The normalized spacial score (nSPS) is 11.0. The van der Waals surface area contributed by atoms with Crippen LogP contribution >= 0.6 is 0 Å². The lowest BCUT2D eigenvalue weighted by Gasteiger charge is -2.11. The number of aromatic nitrogens is 4. The van der Waals surface area contributed by atoms with E-state index in [-0.39, 0.29) is 0 Å².